The Bertz CT molecular complexity index is 171. The van der Waals surface area contributed by atoms with E-state index in [2.05, 4.69) is 4.90 Å². The molecule has 3 unspecified atom stereocenters. The second kappa shape index (κ2) is 4.17. The fraction of sp³-hybridized carbons (Fsp3) is 1.00. The molecular formula is C9H17NO2S. The fourth-order valence-corrected chi connectivity index (χ4v) is 3.56. The van der Waals surface area contributed by atoms with Crippen molar-refractivity contribution < 1.29 is 10.2 Å². The standard InChI is InChI=1S/C9H17NO2S/c11-5-8-3-9(12)4-10(8)7-1-2-13-6-7/h7-9,11-12H,1-6H2. The molecular weight excluding hydrogens is 186 g/mol. The van der Waals surface area contributed by atoms with Crippen molar-refractivity contribution in [3.8, 4) is 0 Å². The van der Waals surface area contributed by atoms with Gasteiger partial charge in [0.15, 0.2) is 0 Å². The lowest BCUT2D eigenvalue weighted by Crippen LogP contribution is -2.41. The van der Waals surface area contributed by atoms with E-state index in [1.165, 1.54) is 17.9 Å². The summed E-state index contributed by atoms with van der Waals surface area (Å²) in [6.45, 7) is 0.953. The van der Waals surface area contributed by atoms with Crippen LogP contribution >= 0.6 is 11.8 Å². The van der Waals surface area contributed by atoms with Crippen molar-refractivity contribution in [1.82, 2.24) is 4.90 Å². The van der Waals surface area contributed by atoms with Crippen molar-refractivity contribution in [3.63, 3.8) is 0 Å². The van der Waals surface area contributed by atoms with Gasteiger partial charge in [-0.25, -0.2) is 0 Å². The summed E-state index contributed by atoms with van der Waals surface area (Å²) in [6, 6.07) is 0.804. The molecule has 0 aliphatic carbocycles. The van der Waals surface area contributed by atoms with E-state index in [9.17, 15) is 5.11 Å². The lowest BCUT2D eigenvalue weighted by atomic mass is 10.2. The maximum absolute atomic E-state index is 9.50. The van der Waals surface area contributed by atoms with Gasteiger partial charge in [0.05, 0.1) is 12.7 Å². The summed E-state index contributed by atoms with van der Waals surface area (Å²) in [5.74, 6) is 2.40. The number of rotatable bonds is 2. The number of likely N-dealkylation sites (tertiary alicyclic amines) is 1. The molecule has 0 aromatic rings. The molecule has 4 heteroatoms. The molecule has 0 aromatic heterocycles. The van der Waals surface area contributed by atoms with Crippen molar-refractivity contribution in [2.45, 2.75) is 31.0 Å². The third-order valence-corrected chi connectivity index (χ3v) is 4.17. The van der Waals surface area contributed by atoms with Crippen LogP contribution in [0.1, 0.15) is 12.8 Å². The zero-order valence-corrected chi connectivity index (χ0v) is 8.54. The zero-order chi connectivity index (χ0) is 9.26. The molecule has 2 aliphatic rings. The largest absolute Gasteiger partial charge is 0.395 e. The van der Waals surface area contributed by atoms with E-state index in [1.807, 2.05) is 11.8 Å². The van der Waals surface area contributed by atoms with Gasteiger partial charge in [-0.05, 0) is 18.6 Å². The molecule has 3 atom stereocenters. The number of hydrogen-bond donors (Lipinski definition) is 2. The molecule has 0 bridgehead atoms. The minimum Gasteiger partial charge on any atom is -0.395 e. The minimum absolute atomic E-state index is 0.193. The summed E-state index contributed by atoms with van der Waals surface area (Å²) in [5, 5.41) is 18.7. The Kier molecular flexibility index (Phi) is 3.14. The molecule has 0 aromatic carbocycles. The molecule has 2 aliphatic heterocycles. The lowest BCUT2D eigenvalue weighted by molar-refractivity contribution is 0.123. The van der Waals surface area contributed by atoms with Crippen LogP contribution in [0.3, 0.4) is 0 Å². The van der Waals surface area contributed by atoms with Gasteiger partial charge in [-0.15, -0.1) is 0 Å². The molecule has 0 amide bonds. The summed E-state index contributed by atoms with van der Waals surface area (Å²) < 4.78 is 0. The first-order chi connectivity index (χ1) is 6.31. The molecule has 13 heavy (non-hydrogen) atoms. The number of aliphatic hydroxyl groups excluding tert-OH is 2. The highest BCUT2D eigenvalue weighted by Crippen LogP contribution is 2.28. The monoisotopic (exact) mass is 203 g/mol. The van der Waals surface area contributed by atoms with Gasteiger partial charge in [0.25, 0.3) is 0 Å². The predicted octanol–water partition coefficient (Wildman–Crippen LogP) is -0.0806. The van der Waals surface area contributed by atoms with Crippen molar-refractivity contribution in [2.24, 2.45) is 0 Å². The van der Waals surface area contributed by atoms with Gasteiger partial charge in [-0.2, -0.15) is 11.8 Å². The average molecular weight is 203 g/mol. The van der Waals surface area contributed by atoms with E-state index in [4.69, 9.17) is 5.11 Å². The highest BCUT2D eigenvalue weighted by Gasteiger charge is 2.36. The molecule has 3 nitrogen and oxygen atoms in total. The third kappa shape index (κ3) is 2.01. The van der Waals surface area contributed by atoms with E-state index in [0.29, 0.717) is 6.04 Å². The van der Waals surface area contributed by atoms with Crippen LogP contribution in [0.15, 0.2) is 0 Å². The predicted molar refractivity (Wildman–Crippen MR) is 53.9 cm³/mol. The summed E-state index contributed by atoms with van der Waals surface area (Å²) in [7, 11) is 0. The minimum atomic E-state index is -0.220. The highest BCUT2D eigenvalue weighted by molar-refractivity contribution is 7.99. The summed E-state index contributed by atoms with van der Waals surface area (Å²) in [4.78, 5) is 2.30. The van der Waals surface area contributed by atoms with Crippen molar-refractivity contribution in [2.75, 3.05) is 24.7 Å². The van der Waals surface area contributed by atoms with E-state index in [-0.39, 0.29) is 18.8 Å². The van der Waals surface area contributed by atoms with Crippen molar-refractivity contribution in [3.05, 3.63) is 0 Å². The molecule has 2 fully saturated rings. The molecule has 2 saturated heterocycles. The molecule has 2 N–H and O–H groups in total. The summed E-state index contributed by atoms with van der Waals surface area (Å²) >= 11 is 1.98. The Morgan fingerprint density at radius 1 is 1.46 bits per heavy atom. The Balaban J connectivity index is 1.96. The number of thioether (sulfide) groups is 1. The highest BCUT2D eigenvalue weighted by atomic mass is 32.2. The first kappa shape index (κ1) is 9.77. The second-order valence-corrected chi connectivity index (χ2v) is 5.09. The van der Waals surface area contributed by atoms with Crippen LogP contribution < -0.4 is 0 Å². The number of nitrogens with zero attached hydrogens (tertiary/aromatic N) is 1. The Morgan fingerprint density at radius 2 is 2.31 bits per heavy atom. The normalized spacial score (nSPS) is 41.5. The second-order valence-electron chi connectivity index (χ2n) is 3.94. The average Bonchev–Trinajstić information content (AvgIpc) is 2.71. The van der Waals surface area contributed by atoms with Crippen LogP contribution in [-0.4, -0.2) is 58.0 Å². The van der Waals surface area contributed by atoms with Gasteiger partial charge in [0.2, 0.25) is 0 Å². The van der Waals surface area contributed by atoms with Crippen LogP contribution in [0.2, 0.25) is 0 Å². The summed E-state index contributed by atoms with van der Waals surface area (Å²) in [5.41, 5.74) is 0. The fourth-order valence-electron chi connectivity index (χ4n) is 2.33. The van der Waals surface area contributed by atoms with Gasteiger partial charge in [-0.3, -0.25) is 4.90 Å². The van der Waals surface area contributed by atoms with Crippen LogP contribution in [0.5, 0.6) is 0 Å². The van der Waals surface area contributed by atoms with Crippen LogP contribution in [0.4, 0.5) is 0 Å². The third-order valence-electron chi connectivity index (χ3n) is 3.02. The van der Waals surface area contributed by atoms with Crippen LogP contribution in [0.25, 0.3) is 0 Å². The topological polar surface area (TPSA) is 43.7 Å². The molecule has 0 saturated carbocycles. The molecule has 2 heterocycles. The smallest absolute Gasteiger partial charge is 0.0683 e. The van der Waals surface area contributed by atoms with Crippen LogP contribution in [0, 0.1) is 0 Å². The van der Waals surface area contributed by atoms with E-state index < -0.39 is 0 Å². The maximum atomic E-state index is 9.50. The Morgan fingerprint density at radius 3 is 2.92 bits per heavy atom. The maximum Gasteiger partial charge on any atom is 0.0683 e. The zero-order valence-electron chi connectivity index (χ0n) is 7.72. The van der Waals surface area contributed by atoms with Gasteiger partial charge in [0, 0.05) is 24.4 Å². The first-order valence-corrected chi connectivity index (χ1v) is 6.09. The number of β-amino-alcohol motifs (C(OH)–C–C–N with tert-alkyl or cyclic N) is 1. The van der Waals surface area contributed by atoms with Gasteiger partial charge < -0.3 is 10.2 Å². The number of aliphatic hydroxyl groups is 2. The van der Waals surface area contributed by atoms with E-state index >= 15 is 0 Å². The lowest BCUT2D eigenvalue weighted by Gasteiger charge is -2.28. The summed E-state index contributed by atoms with van der Waals surface area (Å²) in [6.07, 6.45) is 1.74. The first-order valence-electron chi connectivity index (χ1n) is 4.93. The number of hydrogen-bond acceptors (Lipinski definition) is 4. The molecule has 0 spiro atoms. The molecule has 76 valence electrons. The van der Waals surface area contributed by atoms with Crippen LogP contribution in [-0.2, 0) is 0 Å². The molecule has 2 rings (SSSR count). The van der Waals surface area contributed by atoms with E-state index in [1.54, 1.807) is 0 Å². The quantitative estimate of drug-likeness (QED) is 0.659. The van der Waals surface area contributed by atoms with E-state index in [0.717, 1.165) is 13.0 Å². The van der Waals surface area contributed by atoms with Gasteiger partial charge in [-0.1, -0.05) is 0 Å². The molecule has 0 radical (unpaired) electrons. The van der Waals surface area contributed by atoms with Crippen molar-refractivity contribution >= 4 is 11.8 Å². The Labute approximate surface area is 83.1 Å². The van der Waals surface area contributed by atoms with Crippen molar-refractivity contribution in [1.29, 1.82) is 0 Å². The Hall–Kier alpha value is 0.230. The SMILES string of the molecule is OCC1CC(O)CN1C1CCSC1. The van der Waals surface area contributed by atoms with Gasteiger partial charge >= 0.3 is 0 Å². The van der Waals surface area contributed by atoms with Gasteiger partial charge in [0.1, 0.15) is 0 Å².